The monoisotopic (exact) mass is 240 g/mol. The molecule has 1 aliphatic heterocycles. The van der Waals surface area contributed by atoms with Crippen LogP contribution in [0.5, 0.6) is 0 Å². The number of aromatic nitrogens is 2. The first-order valence-electron chi connectivity index (χ1n) is 5.80. The van der Waals surface area contributed by atoms with Gasteiger partial charge >= 0.3 is 0 Å². The maximum atomic E-state index is 6.10. The van der Waals surface area contributed by atoms with E-state index in [9.17, 15) is 0 Å². The molecule has 1 unspecified atom stereocenters. The van der Waals surface area contributed by atoms with E-state index in [1.54, 1.807) is 0 Å². The minimum absolute atomic E-state index is 0.559. The van der Waals surface area contributed by atoms with Crippen molar-refractivity contribution in [2.24, 2.45) is 5.92 Å². The number of ether oxygens (including phenoxy) is 1. The predicted octanol–water partition coefficient (Wildman–Crippen LogP) is 2.58. The number of hydrogen-bond acceptors (Lipinski definition) is 3. The standard InChI is InChI=1S/C12H17ClN2O/c1-3-10-8(2)12(13)15-11(14-10)6-9-4-5-16-7-9/h9H,3-7H2,1-2H3. The fourth-order valence-corrected chi connectivity index (χ4v) is 2.23. The molecule has 2 heterocycles. The SMILES string of the molecule is CCc1nc(CC2CCOC2)nc(Cl)c1C. The summed E-state index contributed by atoms with van der Waals surface area (Å²) in [5, 5.41) is 0.598. The van der Waals surface area contributed by atoms with Gasteiger partial charge in [0.15, 0.2) is 0 Å². The quantitative estimate of drug-likeness (QED) is 0.762. The summed E-state index contributed by atoms with van der Waals surface area (Å²) in [5.74, 6) is 1.42. The molecule has 4 heteroatoms. The van der Waals surface area contributed by atoms with Gasteiger partial charge in [-0.25, -0.2) is 9.97 Å². The van der Waals surface area contributed by atoms with Gasteiger partial charge in [-0.2, -0.15) is 0 Å². The third kappa shape index (κ3) is 2.53. The molecule has 0 spiro atoms. The van der Waals surface area contributed by atoms with Gasteiger partial charge in [-0.05, 0) is 25.7 Å². The second kappa shape index (κ2) is 5.11. The Morgan fingerprint density at radius 2 is 2.25 bits per heavy atom. The lowest BCUT2D eigenvalue weighted by atomic mass is 10.0. The van der Waals surface area contributed by atoms with Crippen LogP contribution in [0.4, 0.5) is 0 Å². The first-order valence-corrected chi connectivity index (χ1v) is 6.18. The molecule has 1 aromatic heterocycles. The maximum absolute atomic E-state index is 6.10. The molecular formula is C12H17ClN2O. The molecule has 1 fully saturated rings. The summed E-state index contributed by atoms with van der Waals surface area (Å²) < 4.78 is 5.35. The van der Waals surface area contributed by atoms with Crippen LogP contribution >= 0.6 is 11.6 Å². The highest BCUT2D eigenvalue weighted by atomic mass is 35.5. The second-order valence-electron chi connectivity index (χ2n) is 4.29. The lowest BCUT2D eigenvalue weighted by Gasteiger charge is -2.10. The van der Waals surface area contributed by atoms with Gasteiger partial charge in [0.05, 0.1) is 0 Å². The number of halogens is 1. The number of aryl methyl sites for hydroxylation is 1. The van der Waals surface area contributed by atoms with Gasteiger partial charge in [-0.15, -0.1) is 0 Å². The number of nitrogens with zero attached hydrogens (tertiary/aromatic N) is 2. The van der Waals surface area contributed by atoms with Crippen molar-refractivity contribution < 1.29 is 4.74 Å². The molecule has 1 atom stereocenters. The largest absolute Gasteiger partial charge is 0.381 e. The zero-order valence-electron chi connectivity index (χ0n) is 9.79. The van der Waals surface area contributed by atoms with E-state index in [0.717, 1.165) is 49.6 Å². The van der Waals surface area contributed by atoms with Crippen molar-refractivity contribution in [3.05, 3.63) is 22.2 Å². The van der Waals surface area contributed by atoms with Crippen molar-refractivity contribution in [3.8, 4) is 0 Å². The first-order chi connectivity index (χ1) is 7.70. The summed E-state index contributed by atoms with van der Waals surface area (Å²) in [6, 6.07) is 0. The van der Waals surface area contributed by atoms with Gasteiger partial charge in [0, 0.05) is 30.9 Å². The van der Waals surface area contributed by atoms with Crippen molar-refractivity contribution in [2.75, 3.05) is 13.2 Å². The lowest BCUT2D eigenvalue weighted by molar-refractivity contribution is 0.185. The van der Waals surface area contributed by atoms with Gasteiger partial charge in [0.2, 0.25) is 0 Å². The number of hydrogen-bond donors (Lipinski definition) is 0. The Labute approximate surface area is 101 Å². The Bertz CT molecular complexity index is 376. The minimum atomic E-state index is 0.559. The van der Waals surface area contributed by atoms with Crippen LogP contribution in [-0.4, -0.2) is 23.2 Å². The van der Waals surface area contributed by atoms with Crippen LogP contribution in [0.2, 0.25) is 5.15 Å². The summed E-state index contributed by atoms with van der Waals surface area (Å²) in [7, 11) is 0. The topological polar surface area (TPSA) is 35.0 Å². The van der Waals surface area contributed by atoms with Crippen molar-refractivity contribution in [3.63, 3.8) is 0 Å². The molecule has 0 aliphatic carbocycles. The maximum Gasteiger partial charge on any atom is 0.135 e. The third-order valence-corrected chi connectivity index (χ3v) is 3.43. The Morgan fingerprint density at radius 3 is 2.88 bits per heavy atom. The molecule has 0 radical (unpaired) electrons. The molecule has 0 saturated carbocycles. The first kappa shape index (κ1) is 11.8. The summed E-state index contributed by atoms with van der Waals surface area (Å²) >= 11 is 6.10. The summed E-state index contributed by atoms with van der Waals surface area (Å²) in [6.45, 7) is 5.76. The molecule has 16 heavy (non-hydrogen) atoms. The van der Waals surface area contributed by atoms with Crippen molar-refractivity contribution in [1.82, 2.24) is 9.97 Å². The smallest absolute Gasteiger partial charge is 0.135 e. The molecule has 0 bridgehead atoms. The van der Waals surface area contributed by atoms with Gasteiger partial charge < -0.3 is 4.74 Å². The molecule has 0 aromatic carbocycles. The van der Waals surface area contributed by atoms with Crippen LogP contribution in [0.1, 0.15) is 30.4 Å². The molecule has 1 aromatic rings. The molecule has 1 aliphatic rings. The Balaban J connectivity index is 2.17. The fraction of sp³-hybridized carbons (Fsp3) is 0.667. The molecule has 88 valence electrons. The highest BCUT2D eigenvalue weighted by molar-refractivity contribution is 6.30. The zero-order chi connectivity index (χ0) is 11.5. The van der Waals surface area contributed by atoms with Crippen LogP contribution in [0.3, 0.4) is 0 Å². The van der Waals surface area contributed by atoms with Crippen molar-refractivity contribution in [2.45, 2.75) is 33.1 Å². The highest BCUT2D eigenvalue weighted by Crippen LogP contribution is 2.20. The van der Waals surface area contributed by atoms with E-state index in [4.69, 9.17) is 16.3 Å². The fourth-order valence-electron chi connectivity index (χ4n) is 2.02. The lowest BCUT2D eigenvalue weighted by Crippen LogP contribution is -2.09. The molecule has 2 rings (SSSR count). The van der Waals surface area contributed by atoms with E-state index in [1.165, 1.54) is 0 Å². The van der Waals surface area contributed by atoms with E-state index in [0.29, 0.717) is 11.1 Å². The van der Waals surface area contributed by atoms with Crippen LogP contribution in [0, 0.1) is 12.8 Å². The average Bonchev–Trinajstić information content (AvgIpc) is 2.76. The molecule has 0 amide bonds. The Kier molecular flexibility index (Phi) is 3.77. The summed E-state index contributed by atoms with van der Waals surface area (Å²) in [4.78, 5) is 8.91. The van der Waals surface area contributed by atoms with E-state index >= 15 is 0 Å². The predicted molar refractivity (Wildman–Crippen MR) is 63.8 cm³/mol. The van der Waals surface area contributed by atoms with E-state index < -0.39 is 0 Å². The molecule has 1 saturated heterocycles. The summed E-state index contributed by atoms with van der Waals surface area (Å²) in [5.41, 5.74) is 2.07. The minimum Gasteiger partial charge on any atom is -0.381 e. The van der Waals surface area contributed by atoms with E-state index in [1.807, 2.05) is 6.92 Å². The van der Waals surface area contributed by atoms with Gasteiger partial charge in [0.1, 0.15) is 11.0 Å². The summed E-state index contributed by atoms with van der Waals surface area (Å²) in [6.07, 6.45) is 2.89. The van der Waals surface area contributed by atoms with Crippen molar-refractivity contribution >= 4 is 11.6 Å². The third-order valence-electron chi connectivity index (χ3n) is 3.06. The molecule has 3 nitrogen and oxygen atoms in total. The van der Waals surface area contributed by atoms with E-state index in [2.05, 4.69) is 16.9 Å². The second-order valence-corrected chi connectivity index (χ2v) is 4.65. The highest BCUT2D eigenvalue weighted by Gasteiger charge is 2.18. The van der Waals surface area contributed by atoms with Crippen LogP contribution in [0.15, 0.2) is 0 Å². The van der Waals surface area contributed by atoms with Gasteiger partial charge in [-0.3, -0.25) is 0 Å². The Morgan fingerprint density at radius 1 is 1.44 bits per heavy atom. The Hall–Kier alpha value is -0.670. The average molecular weight is 241 g/mol. The van der Waals surface area contributed by atoms with E-state index in [-0.39, 0.29) is 0 Å². The van der Waals surface area contributed by atoms with Gasteiger partial charge in [0.25, 0.3) is 0 Å². The number of rotatable bonds is 3. The van der Waals surface area contributed by atoms with Crippen LogP contribution < -0.4 is 0 Å². The zero-order valence-corrected chi connectivity index (χ0v) is 10.5. The molecule has 0 N–H and O–H groups in total. The normalized spacial score (nSPS) is 20.3. The van der Waals surface area contributed by atoms with Crippen LogP contribution in [-0.2, 0) is 17.6 Å². The van der Waals surface area contributed by atoms with Crippen molar-refractivity contribution in [1.29, 1.82) is 0 Å². The molecular weight excluding hydrogens is 224 g/mol. The van der Waals surface area contributed by atoms with Crippen LogP contribution in [0.25, 0.3) is 0 Å². The van der Waals surface area contributed by atoms with Gasteiger partial charge in [-0.1, -0.05) is 18.5 Å².